The van der Waals surface area contributed by atoms with E-state index >= 15 is 0 Å². The Bertz CT molecular complexity index is 871. The van der Waals surface area contributed by atoms with Gasteiger partial charge >= 0.3 is 0 Å². The fourth-order valence-electron chi connectivity index (χ4n) is 2.35. The molecule has 116 valence electrons. The van der Waals surface area contributed by atoms with Crippen molar-refractivity contribution in [2.24, 2.45) is 4.99 Å². The highest BCUT2D eigenvalue weighted by Gasteiger charge is 2.23. The van der Waals surface area contributed by atoms with Gasteiger partial charge in [0.15, 0.2) is 5.17 Å². The third-order valence-electron chi connectivity index (χ3n) is 3.33. The number of fused-ring (bicyclic) bond motifs is 1. The quantitative estimate of drug-likeness (QED) is 0.862. The van der Waals surface area contributed by atoms with Gasteiger partial charge in [0, 0.05) is 12.5 Å². The molecule has 5 nitrogen and oxygen atoms in total. The molecule has 0 spiro atoms. The summed E-state index contributed by atoms with van der Waals surface area (Å²) in [5.41, 5.74) is 0.820. The van der Waals surface area contributed by atoms with Crippen LogP contribution in [0, 0.1) is 0 Å². The zero-order valence-corrected chi connectivity index (χ0v) is 13.4. The molecule has 23 heavy (non-hydrogen) atoms. The van der Waals surface area contributed by atoms with Crippen molar-refractivity contribution in [2.45, 2.75) is 6.92 Å². The summed E-state index contributed by atoms with van der Waals surface area (Å²) in [6, 6.07) is 11.7. The maximum atomic E-state index is 12.0. The van der Waals surface area contributed by atoms with Crippen molar-refractivity contribution >= 4 is 45.6 Å². The molecule has 3 rings (SSSR count). The number of nitrogens with zero attached hydrogens (tertiary/aromatic N) is 1. The molecule has 0 aliphatic carbocycles. The maximum Gasteiger partial charge on any atom is 0.286 e. The lowest BCUT2D eigenvalue weighted by Crippen LogP contribution is -2.23. The number of rotatable bonds is 2. The van der Waals surface area contributed by atoms with Gasteiger partial charge in [-0.3, -0.25) is 9.59 Å². The fourth-order valence-corrected chi connectivity index (χ4v) is 3.19. The van der Waals surface area contributed by atoms with E-state index in [2.05, 4.69) is 10.3 Å². The molecule has 0 aromatic heterocycles. The van der Waals surface area contributed by atoms with Crippen LogP contribution in [0.15, 0.2) is 46.3 Å². The van der Waals surface area contributed by atoms with Crippen LogP contribution in [0.25, 0.3) is 16.8 Å². The van der Waals surface area contributed by atoms with Crippen molar-refractivity contribution in [1.82, 2.24) is 5.32 Å². The minimum atomic E-state index is -0.367. The average molecular weight is 326 g/mol. The van der Waals surface area contributed by atoms with Crippen molar-refractivity contribution in [3.05, 3.63) is 46.9 Å². The molecule has 0 bridgehead atoms. The number of thioether (sulfide) groups is 1. The summed E-state index contributed by atoms with van der Waals surface area (Å²) in [5.74, 6) is 0.0550. The van der Waals surface area contributed by atoms with E-state index in [0.29, 0.717) is 15.8 Å². The smallest absolute Gasteiger partial charge is 0.286 e. The van der Waals surface area contributed by atoms with Crippen LogP contribution in [0.1, 0.15) is 12.5 Å². The Morgan fingerprint density at radius 2 is 2.04 bits per heavy atom. The molecule has 2 amide bonds. The first-order valence-electron chi connectivity index (χ1n) is 6.94. The summed E-state index contributed by atoms with van der Waals surface area (Å²) in [6.45, 7) is 1.38. The molecule has 0 atom stereocenters. The SMILES string of the molecule is COc1ccc2ccccc2c1C=C1SC(NC(C)=O)=NC1=O. The molecular weight excluding hydrogens is 312 g/mol. The lowest BCUT2D eigenvalue weighted by molar-refractivity contribution is -0.117. The number of methoxy groups -OCH3 is 1. The van der Waals surface area contributed by atoms with Crippen LogP contribution < -0.4 is 10.1 Å². The molecule has 0 saturated carbocycles. The molecule has 1 N–H and O–H groups in total. The third kappa shape index (κ3) is 3.12. The minimum absolute atomic E-state index is 0.256. The Kier molecular flexibility index (Phi) is 4.16. The predicted octanol–water partition coefficient (Wildman–Crippen LogP) is 2.95. The number of carbonyl (C=O) groups excluding carboxylic acids is 2. The molecule has 6 heteroatoms. The van der Waals surface area contributed by atoms with Crippen molar-refractivity contribution in [3.8, 4) is 5.75 Å². The van der Waals surface area contributed by atoms with Crippen molar-refractivity contribution < 1.29 is 14.3 Å². The monoisotopic (exact) mass is 326 g/mol. The Morgan fingerprint density at radius 3 is 2.78 bits per heavy atom. The van der Waals surface area contributed by atoms with E-state index in [1.54, 1.807) is 13.2 Å². The molecular formula is C17H14N2O3S. The van der Waals surface area contributed by atoms with Gasteiger partial charge in [-0.05, 0) is 34.7 Å². The standard InChI is InChI=1S/C17H14N2O3S/c1-10(20)18-17-19-16(21)15(23-17)9-13-12-6-4-3-5-11(12)7-8-14(13)22-2/h3-9H,1-2H3,(H,18,19,20,21). The number of amides is 2. The van der Waals surface area contributed by atoms with Gasteiger partial charge in [0.1, 0.15) is 5.75 Å². The fraction of sp³-hybridized carbons (Fsp3) is 0.118. The van der Waals surface area contributed by atoms with Gasteiger partial charge in [-0.25, -0.2) is 0 Å². The first kappa shape index (κ1) is 15.3. The average Bonchev–Trinajstić information content (AvgIpc) is 2.86. The summed E-state index contributed by atoms with van der Waals surface area (Å²) in [4.78, 5) is 27.4. The minimum Gasteiger partial charge on any atom is -0.496 e. The van der Waals surface area contributed by atoms with Gasteiger partial charge < -0.3 is 10.1 Å². The topological polar surface area (TPSA) is 67.8 Å². The third-order valence-corrected chi connectivity index (χ3v) is 4.23. The van der Waals surface area contributed by atoms with E-state index in [-0.39, 0.29) is 11.8 Å². The van der Waals surface area contributed by atoms with E-state index in [0.717, 1.165) is 28.1 Å². The molecule has 1 aliphatic heterocycles. The summed E-state index contributed by atoms with van der Waals surface area (Å²) in [7, 11) is 1.59. The molecule has 2 aromatic rings. The van der Waals surface area contributed by atoms with E-state index in [4.69, 9.17) is 4.74 Å². The normalized spacial score (nSPS) is 15.8. The number of ether oxygens (including phenoxy) is 1. The van der Waals surface area contributed by atoms with Crippen LogP contribution in [0.5, 0.6) is 5.75 Å². The highest BCUT2D eigenvalue weighted by atomic mass is 32.2. The van der Waals surface area contributed by atoms with Crippen LogP contribution in [0.3, 0.4) is 0 Å². The number of hydrogen-bond donors (Lipinski definition) is 1. The predicted molar refractivity (Wildman–Crippen MR) is 92.3 cm³/mol. The Balaban J connectivity index is 2.04. The maximum absolute atomic E-state index is 12.0. The molecule has 2 aromatic carbocycles. The Hall–Kier alpha value is -2.60. The first-order chi connectivity index (χ1) is 11.1. The summed E-state index contributed by atoms with van der Waals surface area (Å²) >= 11 is 1.14. The van der Waals surface area contributed by atoms with E-state index in [1.165, 1.54) is 6.92 Å². The molecule has 0 radical (unpaired) electrons. The van der Waals surface area contributed by atoms with Crippen LogP contribution in [0.2, 0.25) is 0 Å². The van der Waals surface area contributed by atoms with Crippen LogP contribution in [-0.4, -0.2) is 24.1 Å². The largest absolute Gasteiger partial charge is 0.496 e. The van der Waals surface area contributed by atoms with Gasteiger partial charge in [-0.1, -0.05) is 30.3 Å². The van der Waals surface area contributed by atoms with Gasteiger partial charge in [-0.2, -0.15) is 4.99 Å². The molecule has 0 unspecified atom stereocenters. The van der Waals surface area contributed by atoms with Crippen LogP contribution in [0.4, 0.5) is 0 Å². The summed E-state index contributed by atoms with van der Waals surface area (Å²) in [6.07, 6.45) is 1.76. The van der Waals surface area contributed by atoms with E-state index in [9.17, 15) is 9.59 Å². The lowest BCUT2D eigenvalue weighted by atomic mass is 10.0. The Labute approximate surface area is 137 Å². The number of carbonyl (C=O) groups is 2. The zero-order valence-electron chi connectivity index (χ0n) is 12.6. The number of hydrogen-bond acceptors (Lipinski definition) is 4. The first-order valence-corrected chi connectivity index (χ1v) is 7.76. The molecule has 1 aliphatic rings. The number of aliphatic imine (C=N–C) groups is 1. The number of amidine groups is 1. The summed E-state index contributed by atoms with van der Waals surface area (Å²) in [5, 5.41) is 4.87. The van der Waals surface area contributed by atoms with Gasteiger partial charge in [0.05, 0.1) is 12.0 Å². The second-order valence-corrected chi connectivity index (χ2v) is 5.95. The van der Waals surface area contributed by atoms with Crippen molar-refractivity contribution in [3.63, 3.8) is 0 Å². The van der Waals surface area contributed by atoms with E-state index in [1.807, 2.05) is 36.4 Å². The molecule has 0 fully saturated rings. The van der Waals surface area contributed by atoms with E-state index < -0.39 is 0 Å². The van der Waals surface area contributed by atoms with Crippen LogP contribution in [-0.2, 0) is 9.59 Å². The number of benzene rings is 2. The van der Waals surface area contributed by atoms with Gasteiger partial charge in [0.2, 0.25) is 5.91 Å². The Morgan fingerprint density at radius 1 is 1.26 bits per heavy atom. The summed E-state index contributed by atoms with van der Waals surface area (Å²) < 4.78 is 5.42. The second-order valence-electron chi connectivity index (χ2n) is 4.92. The highest BCUT2D eigenvalue weighted by Crippen LogP contribution is 2.34. The van der Waals surface area contributed by atoms with Crippen molar-refractivity contribution in [1.29, 1.82) is 0 Å². The van der Waals surface area contributed by atoms with Gasteiger partial charge in [0.25, 0.3) is 5.91 Å². The van der Waals surface area contributed by atoms with Crippen molar-refractivity contribution in [2.75, 3.05) is 7.11 Å². The van der Waals surface area contributed by atoms with Gasteiger partial charge in [-0.15, -0.1) is 0 Å². The lowest BCUT2D eigenvalue weighted by Gasteiger charge is -2.09. The molecule has 1 heterocycles. The van der Waals surface area contributed by atoms with Crippen LogP contribution >= 0.6 is 11.8 Å². The second kappa shape index (κ2) is 6.26. The molecule has 0 saturated heterocycles. The number of nitrogens with one attached hydrogen (secondary N) is 1. The zero-order chi connectivity index (χ0) is 16.4. The highest BCUT2D eigenvalue weighted by molar-refractivity contribution is 8.18.